The lowest BCUT2D eigenvalue weighted by Gasteiger charge is -2.22. The van der Waals surface area contributed by atoms with Gasteiger partial charge in [-0.1, -0.05) is 20.8 Å². The fourth-order valence-electron chi connectivity index (χ4n) is 4.18. The molecule has 0 radical (unpaired) electrons. The molecule has 3 heterocycles. The summed E-state index contributed by atoms with van der Waals surface area (Å²) in [4.78, 5) is 0. The van der Waals surface area contributed by atoms with Gasteiger partial charge in [-0.05, 0) is 69.4 Å². The molecule has 2 unspecified atom stereocenters. The Hall–Kier alpha value is -1.62. The molecule has 0 bridgehead atoms. The van der Waals surface area contributed by atoms with E-state index in [1.807, 2.05) is 0 Å². The average Bonchev–Trinajstić information content (AvgIpc) is 3.23. The molecule has 0 saturated carbocycles. The number of aryl methyl sites for hydroxylation is 2. The van der Waals surface area contributed by atoms with Gasteiger partial charge in [-0.3, -0.25) is 9.36 Å². The molecular formula is C22H36N4O. The number of rotatable bonds is 7. The minimum atomic E-state index is 0.421. The topological polar surface area (TPSA) is 44.9 Å². The predicted octanol–water partition coefficient (Wildman–Crippen LogP) is 5.32. The van der Waals surface area contributed by atoms with E-state index in [2.05, 4.69) is 63.3 Å². The normalized spacial score (nSPS) is 18.2. The zero-order chi connectivity index (χ0) is 19.6. The van der Waals surface area contributed by atoms with Crippen molar-refractivity contribution in [3.63, 3.8) is 0 Å². The van der Waals surface area contributed by atoms with Gasteiger partial charge in [-0.2, -0.15) is 10.2 Å². The smallest absolute Gasteiger partial charge is 0.0628 e. The average molecular weight is 373 g/mol. The van der Waals surface area contributed by atoms with Gasteiger partial charge in [0.15, 0.2) is 0 Å². The summed E-state index contributed by atoms with van der Waals surface area (Å²) in [6, 6.07) is 0.920. The van der Waals surface area contributed by atoms with E-state index in [0.717, 1.165) is 38.9 Å². The van der Waals surface area contributed by atoms with E-state index in [1.165, 1.54) is 22.5 Å². The summed E-state index contributed by atoms with van der Waals surface area (Å²) >= 11 is 0. The summed E-state index contributed by atoms with van der Waals surface area (Å²) in [6.07, 6.45) is 8.95. The Morgan fingerprint density at radius 3 is 2.26 bits per heavy atom. The summed E-state index contributed by atoms with van der Waals surface area (Å²) in [5.41, 5.74) is 5.11. The van der Waals surface area contributed by atoms with Crippen molar-refractivity contribution in [2.45, 2.75) is 91.1 Å². The molecule has 0 spiro atoms. The fraction of sp³-hybridized carbons (Fsp3) is 0.727. The van der Waals surface area contributed by atoms with Crippen LogP contribution in [0.1, 0.15) is 99.8 Å². The van der Waals surface area contributed by atoms with Crippen LogP contribution in [0.15, 0.2) is 12.4 Å². The van der Waals surface area contributed by atoms with Crippen molar-refractivity contribution in [1.29, 1.82) is 0 Å². The lowest BCUT2D eigenvalue weighted by atomic mass is 9.95. The van der Waals surface area contributed by atoms with E-state index in [-0.39, 0.29) is 0 Å². The third kappa shape index (κ3) is 4.63. The highest BCUT2D eigenvalue weighted by molar-refractivity contribution is 5.21. The summed E-state index contributed by atoms with van der Waals surface area (Å²) in [5, 5.41) is 9.57. The van der Waals surface area contributed by atoms with Gasteiger partial charge < -0.3 is 4.74 Å². The van der Waals surface area contributed by atoms with E-state index in [1.54, 1.807) is 0 Å². The Kier molecular flexibility index (Phi) is 6.40. The first-order valence-electron chi connectivity index (χ1n) is 10.6. The molecular weight excluding hydrogens is 336 g/mol. The van der Waals surface area contributed by atoms with Crippen LogP contribution in [0, 0.1) is 13.8 Å². The molecule has 1 fully saturated rings. The number of aromatic nitrogens is 4. The number of hydrogen-bond donors (Lipinski definition) is 0. The number of ether oxygens (including phenoxy) is 1. The van der Waals surface area contributed by atoms with Gasteiger partial charge in [-0.15, -0.1) is 0 Å². The van der Waals surface area contributed by atoms with Gasteiger partial charge in [0.05, 0.1) is 17.4 Å². The van der Waals surface area contributed by atoms with Crippen LogP contribution in [0.4, 0.5) is 0 Å². The van der Waals surface area contributed by atoms with Gasteiger partial charge in [-0.25, -0.2) is 0 Å². The minimum Gasteiger partial charge on any atom is -0.381 e. The van der Waals surface area contributed by atoms with Gasteiger partial charge in [0.25, 0.3) is 0 Å². The predicted molar refractivity (Wildman–Crippen MR) is 109 cm³/mol. The molecule has 1 saturated heterocycles. The Morgan fingerprint density at radius 2 is 1.63 bits per heavy atom. The van der Waals surface area contributed by atoms with Crippen molar-refractivity contribution in [3.8, 4) is 0 Å². The van der Waals surface area contributed by atoms with E-state index < -0.39 is 0 Å². The molecule has 2 aromatic heterocycles. The van der Waals surface area contributed by atoms with Crippen LogP contribution < -0.4 is 0 Å². The molecule has 2 atom stereocenters. The second-order valence-electron chi connectivity index (χ2n) is 8.63. The van der Waals surface area contributed by atoms with Crippen molar-refractivity contribution in [2.24, 2.45) is 0 Å². The van der Waals surface area contributed by atoms with Crippen molar-refractivity contribution in [2.75, 3.05) is 13.2 Å². The second-order valence-corrected chi connectivity index (χ2v) is 8.63. The summed E-state index contributed by atoms with van der Waals surface area (Å²) < 4.78 is 9.84. The van der Waals surface area contributed by atoms with Crippen LogP contribution in [-0.4, -0.2) is 32.8 Å². The highest BCUT2D eigenvalue weighted by atomic mass is 16.5. The monoisotopic (exact) mass is 372 g/mol. The third-order valence-corrected chi connectivity index (χ3v) is 6.10. The SMILES string of the molecule is Cc1nn(C(C)CCC(C)c2cn(C3CCOCC3)nc2C)cc1C(C)C. The molecule has 2 aromatic rings. The lowest BCUT2D eigenvalue weighted by molar-refractivity contribution is 0.0661. The lowest BCUT2D eigenvalue weighted by Crippen LogP contribution is -2.20. The third-order valence-electron chi connectivity index (χ3n) is 6.10. The second kappa shape index (κ2) is 8.59. The van der Waals surface area contributed by atoms with Crippen molar-refractivity contribution < 1.29 is 4.74 Å². The zero-order valence-corrected chi connectivity index (χ0v) is 17.9. The Morgan fingerprint density at radius 1 is 0.963 bits per heavy atom. The molecule has 150 valence electrons. The van der Waals surface area contributed by atoms with Crippen LogP contribution >= 0.6 is 0 Å². The molecule has 1 aliphatic heterocycles. The van der Waals surface area contributed by atoms with Crippen LogP contribution in [0.2, 0.25) is 0 Å². The quantitative estimate of drug-likeness (QED) is 0.661. The highest BCUT2D eigenvalue weighted by Crippen LogP contribution is 2.30. The zero-order valence-electron chi connectivity index (χ0n) is 17.9. The molecule has 0 N–H and O–H groups in total. The van der Waals surface area contributed by atoms with Crippen LogP contribution in [0.25, 0.3) is 0 Å². The molecule has 1 aliphatic rings. The van der Waals surface area contributed by atoms with E-state index >= 15 is 0 Å². The van der Waals surface area contributed by atoms with Crippen LogP contribution in [0.5, 0.6) is 0 Å². The van der Waals surface area contributed by atoms with E-state index in [9.17, 15) is 0 Å². The summed E-state index contributed by atoms with van der Waals surface area (Å²) in [5.74, 6) is 1.05. The molecule has 5 heteroatoms. The maximum Gasteiger partial charge on any atom is 0.0628 e. The largest absolute Gasteiger partial charge is 0.381 e. The van der Waals surface area contributed by atoms with Crippen molar-refractivity contribution >= 4 is 0 Å². The molecule has 3 rings (SSSR count). The summed E-state index contributed by atoms with van der Waals surface area (Å²) in [7, 11) is 0. The minimum absolute atomic E-state index is 0.421. The first kappa shape index (κ1) is 20.1. The Bertz CT molecular complexity index is 740. The fourth-order valence-corrected chi connectivity index (χ4v) is 4.18. The van der Waals surface area contributed by atoms with Crippen LogP contribution in [0.3, 0.4) is 0 Å². The van der Waals surface area contributed by atoms with E-state index in [0.29, 0.717) is 23.9 Å². The first-order valence-corrected chi connectivity index (χ1v) is 10.6. The Balaban J connectivity index is 1.61. The first-order chi connectivity index (χ1) is 12.9. The number of nitrogens with zero attached hydrogens (tertiary/aromatic N) is 4. The molecule has 27 heavy (non-hydrogen) atoms. The molecule has 0 aromatic carbocycles. The van der Waals surface area contributed by atoms with Crippen molar-refractivity contribution in [1.82, 2.24) is 19.6 Å². The maximum absolute atomic E-state index is 5.49. The van der Waals surface area contributed by atoms with Gasteiger partial charge in [0.1, 0.15) is 0 Å². The molecule has 0 amide bonds. The highest BCUT2D eigenvalue weighted by Gasteiger charge is 2.21. The maximum atomic E-state index is 5.49. The van der Waals surface area contributed by atoms with Crippen molar-refractivity contribution in [3.05, 3.63) is 34.9 Å². The molecule has 0 aliphatic carbocycles. The summed E-state index contributed by atoms with van der Waals surface area (Å²) in [6.45, 7) is 15.1. The van der Waals surface area contributed by atoms with E-state index in [4.69, 9.17) is 14.9 Å². The number of hydrogen-bond acceptors (Lipinski definition) is 3. The Labute approximate surface area is 164 Å². The van der Waals surface area contributed by atoms with Gasteiger partial charge in [0, 0.05) is 31.6 Å². The van der Waals surface area contributed by atoms with Gasteiger partial charge >= 0.3 is 0 Å². The molecule has 5 nitrogen and oxygen atoms in total. The van der Waals surface area contributed by atoms with Crippen LogP contribution in [-0.2, 0) is 4.74 Å². The van der Waals surface area contributed by atoms with Gasteiger partial charge in [0.2, 0.25) is 0 Å². The standard InChI is InChI=1S/C22H36N4O/c1-15(2)21-13-25(23-18(21)5)17(4)8-7-16(3)22-14-26(24-19(22)6)20-9-11-27-12-10-20/h13-17,20H,7-12H2,1-6H3.